The lowest BCUT2D eigenvalue weighted by Crippen LogP contribution is -2.07. The first kappa shape index (κ1) is 17.0. The van der Waals surface area contributed by atoms with Crippen molar-refractivity contribution in [1.82, 2.24) is 0 Å². The summed E-state index contributed by atoms with van der Waals surface area (Å²) >= 11 is 7.12. The Morgan fingerprint density at radius 2 is 0.773 bits per heavy atom. The molecule has 0 saturated carbocycles. The predicted octanol–water partition coefficient (Wildman–Crippen LogP) is 5.88. The highest BCUT2D eigenvalue weighted by Crippen LogP contribution is 2.39. The van der Waals surface area contributed by atoms with Gasteiger partial charge in [0.15, 0.2) is 46.5 Å². The fraction of sp³-hybridized carbons (Fsp3) is 0. The molecule has 0 aliphatic rings. The Labute approximate surface area is 130 Å². The molecular weight excluding hydrogens is 411 g/mol. The summed E-state index contributed by atoms with van der Waals surface area (Å²) in [5, 5.41) is -1.61. The molecule has 0 spiro atoms. The Balaban J connectivity index is 3.03. The summed E-state index contributed by atoms with van der Waals surface area (Å²) in [6.45, 7) is 0. The van der Waals surface area contributed by atoms with Crippen LogP contribution in [0.15, 0.2) is 4.47 Å². The lowest BCUT2D eigenvalue weighted by atomic mass is 10.0. The molecule has 0 saturated heterocycles. The van der Waals surface area contributed by atoms with Crippen molar-refractivity contribution in [2.45, 2.75) is 0 Å². The van der Waals surface area contributed by atoms with E-state index in [-0.39, 0.29) is 0 Å². The number of rotatable bonds is 1. The number of halogens is 10. The summed E-state index contributed by atoms with van der Waals surface area (Å²) in [4.78, 5) is 0. The van der Waals surface area contributed by atoms with E-state index in [2.05, 4.69) is 15.9 Å². The molecule has 0 heterocycles. The topological polar surface area (TPSA) is 0 Å². The number of hydrogen-bond donors (Lipinski definition) is 0. The van der Waals surface area contributed by atoms with E-state index < -0.39 is 67.2 Å². The third-order valence-electron chi connectivity index (χ3n) is 2.67. The minimum Gasteiger partial charge on any atom is -0.203 e. The van der Waals surface area contributed by atoms with Gasteiger partial charge in [0, 0.05) is 0 Å². The molecule has 0 aromatic heterocycles. The lowest BCUT2D eigenvalue weighted by molar-refractivity contribution is 0.438. The fourth-order valence-electron chi connectivity index (χ4n) is 1.65. The van der Waals surface area contributed by atoms with Gasteiger partial charge in [0.1, 0.15) is 5.02 Å². The van der Waals surface area contributed by atoms with Crippen LogP contribution in [0, 0.1) is 46.5 Å². The van der Waals surface area contributed by atoms with Crippen molar-refractivity contribution in [1.29, 1.82) is 0 Å². The fourth-order valence-corrected chi connectivity index (χ4v) is 2.16. The molecule has 0 bridgehead atoms. The van der Waals surface area contributed by atoms with Crippen LogP contribution in [-0.4, -0.2) is 0 Å². The first-order valence-corrected chi connectivity index (χ1v) is 6.31. The SMILES string of the molecule is Fc1c(F)c(-c2c(F)c(F)c(Br)c(F)c2F)c(F)c(F)c1Cl. The van der Waals surface area contributed by atoms with Crippen molar-refractivity contribution in [3.8, 4) is 11.1 Å². The summed E-state index contributed by atoms with van der Waals surface area (Å²) < 4.78 is 107. The van der Waals surface area contributed by atoms with E-state index in [1.807, 2.05) is 0 Å². The molecule has 0 aliphatic carbocycles. The molecule has 2 rings (SSSR count). The number of hydrogen-bond acceptors (Lipinski definition) is 0. The van der Waals surface area contributed by atoms with E-state index in [9.17, 15) is 35.1 Å². The van der Waals surface area contributed by atoms with Gasteiger partial charge < -0.3 is 0 Å². The summed E-state index contributed by atoms with van der Waals surface area (Å²) in [5.74, 6) is -17.5. The Morgan fingerprint density at radius 1 is 0.500 bits per heavy atom. The van der Waals surface area contributed by atoms with E-state index in [1.165, 1.54) is 0 Å². The van der Waals surface area contributed by atoms with Crippen molar-refractivity contribution >= 4 is 27.5 Å². The first-order chi connectivity index (χ1) is 10.1. The van der Waals surface area contributed by atoms with E-state index in [1.54, 1.807) is 0 Å². The van der Waals surface area contributed by atoms with Crippen molar-refractivity contribution in [2.24, 2.45) is 0 Å². The van der Waals surface area contributed by atoms with Crippen LogP contribution >= 0.6 is 27.5 Å². The molecular formula is C12BrClF8. The van der Waals surface area contributed by atoms with Crippen molar-refractivity contribution in [3.63, 3.8) is 0 Å². The van der Waals surface area contributed by atoms with Crippen LogP contribution in [0.4, 0.5) is 35.1 Å². The van der Waals surface area contributed by atoms with E-state index in [4.69, 9.17) is 11.6 Å². The summed E-state index contributed by atoms with van der Waals surface area (Å²) in [6, 6.07) is 0. The zero-order valence-corrected chi connectivity index (χ0v) is 12.1. The average Bonchev–Trinajstić information content (AvgIpc) is 2.50. The summed E-state index contributed by atoms with van der Waals surface area (Å²) in [7, 11) is 0. The van der Waals surface area contributed by atoms with Gasteiger partial charge in [0.05, 0.1) is 15.6 Å². The van der Waals surface area contributed by atoms with Gasteiger partial charge in [-0.1, -0.05) is 11.6 Å². The van der Waals surface area contributed by atoms with Gasteiger partial charge in [-0.3, -0.25) is 0 Å². The molecule has 22 heavy (non-hydrogen) atoms. The van der Waals surface area contributed by atoms with Gasteiger partial charge in [-0.05, 0) is 15.9 Å². The summed E-state index contributed by atoms with van der Waals surface area (Å²) in [6.07, 6.45) is 0. The van der Waals surface area contributed by atoms with E-state index >= 15 is 0 Å². The molecule has 10 heteroatoms. The maximum absolute atomic E-state index is 13.7. The Morgan fingerprint density at radius 3 is 1.09 bits per heavy atom. The van der Waals surface area contributed by atoms with E-state index in [0.29, 0.717) is 0 Å². The quantitative estimate of drug-likeness (QED) is 0.312. The van der Waals surface area contributed by atoms with Crippen LogP contribution in [-0.2, 0) is 0 Å². The van der Waals surface area contributed by atoms with Gasteiger partial charge in [0.2, 0.25) is 0 Å². The minimum absolute atomic E-state index is 1.29. The Kier molecular flexibility index (Phi) is 4.40. The first-order valence-electron chi connectivity index (χ1n) is 5.14. The Hall–Kier alpha value is -1.35. The lowest BCUT2D eigenvalue weighted by Gasteiger charge is -2.12. The van der Waals surface area contributed by atoms with Crippen molar-refractivity contribution < 1.29 is 35.1 Å². The monoisotopic (exact) mass is 410 g/mol. The van der Waals surface area contributed by atoms with Crippen LogP contribution in [0.2, 0.25) is 5.02 Å². The highest BCUT2D eigenvalue weighted by atomic mass is 79.9. The molecule has 0 N–H and O–H groups in total. The molecule has 0 fully saturated rings. The predicted molar refractivity (Wildman–Crippen MR) is 64.3 cm³/mol. The molecule has 2 aromatic carbocycles. The van der Waals surface area contributed by atoms with Crippen LogP contribution in [0.25, 0.3) is 11.1 Å². The zero-order valence-electron chi connectivity index (χ0n) is 9.78. The second-order valence-corrected chi connectivity index (χ2v) is 5.06. The molecule has 0 unspecified atom stereocenters. The van der Waals surface area contributed by atoms with Crippen LogP contribution in [0.5, 0.6) is 0 Å². The molecule has 2 aromatic rings. The highest BCUT2D eigenvalue weighted by Gasteiger charge is 2.33. The van der Waals surface area contributed by atoms with Crippen LogP contribution in [0.1, 0.15) is 0 Å². The normalized spacial score (nSPS) is 11.2. The third kappa shape index (κ3) is 2.26. The average molecular weight is 411 g/mol. The van der Waals surface area contributed by atoms with Crippen molar-refractivity contribution in [2.75, 3.05) is 0 Å². The molecule has 0 radical (unpaired) electrons. The molecule has 118 valence electrons. The van der Waals surface area contributed by atoms with Crippen molar-refractivity contribution in [3.05, 3.63) is 56.0 Å². The zero-order chi connectivity index (χ0) is 16.9. The van der Waals surface area contributed by atoms with Gasteiger partial charge in [-0.15, -0.1) is 0 Å². The van der Waals surface area contributed by atoms with Gasteiger partial charge in [-0.2, -0.15) is 0 Å². The second kappa shape index (κ2) is 5.69. The maximum atomic E-state index is 13.7. The molecule has 0 amide bonds. The van der Waals surface area contributed by atoms with Gasteiger partial charge >= 0.3 is 0 Å². The largest absolute Gasteiger partial charge is 0.203 e. The van der Waals surface area contributed by atoms with Crippen LogP contribution in [0.3, 0.4) is 0 Å². The highest BCUT2D eigenvalue weighted by molar-refractivity contribution is 9.10. The molecule has 0 atom stereocenters. The molecule has 0 nitrogen and oxygen atoms in total. The molecule has 0 aliphatic heterocycles. The van der Waals surface area contributed by atoms with Gasteiger partial charge in [0.25, 0.3) is 0 Å². The second-order valence-electron chi connectivity index (χ2n) is 3.89. The summed E-state index contributed by atoms with van der Waals surface area (Å²) in [5.41, 5.74) is -3.90. The minimum atomic E-state index is -2.30. The maximum Gasteiger partial charge on any atom is 0.181 e. The Bertz CT molecular complexity index is 679. The third-order valence-corrected chi connectivity index (χ3v) is 3.70. The van der Waals surface area contributed by atoms with Gasteiger partial charge in [-0.25, -0.2) is 35.1 Å². The van der Waals surface area contributed by atoms with Crippen LogP contribution < -0.4 is 0 Å². The smallest absolute Gasteiger partial charge is 0.181 e. The van der Waals surface area contributed by atoms with E-state index in [0.717, 1.165) is 0 Å². The number of benzene rings is 2. The standard InChI is InChI=1S/C12BrClF8/c13-3-9(19)5(15)1(6(16)10(3)20)2-7(17)11(21)4(14)12(22)8(2)18.